The number of hydrogen-bond acceptors (Lipinski definition) is 6. The number of carbonyl (C=O) groups is 2. The van der Waals surface area contributed by atoms with E-state index in [0.717, 1.165) is 51.0 Å². The van der Waals surface area contributed by atoms with Gasteiger partial charge in [0.1, 0.15) is 0 Å². The van der Waals surface area contributed by atoms with Gasteiger partial charge in [0.2, 0.25) is 0 Å². The van der Waals surface area contributed by atoms with Gasteiger partial charge in [0.15, 0.2) is 0 Å². The molecule has 0 aliphatic heterocycles. The molecule has 0 unspecified atom stereocenters. The van der Waals surface area contributed by atoms with Crippen molar-refractivity contribution in [3.63, 3.8) is 0 Å². The molecule has 4 N–H and O–H groups in total. The number of carbonyl (C=O) groups excluding carboxylic acids is 2. The zero-order valence-electron chi connectivity index (χ0n) is 27.7. The molecule has 4 aromatic carbocycles. The number of anilines is 5. The summed E-state index contributed by atoms with van der Waals surface area (Å²) >= 11 is 11.9. The Morgan fingerprint density at radius 1 is 0.750 bits per heavy atom. The molecule has 9 nitrogen and oxygen atoms in total. The molecule has 0 radical (unpaired) electrons. The number of amides is 3. The first-order valence-electron chi connectivity index (χ1n) is 15.9. The fraction of sp³-hybridized carbons (Fsp3) is 0.270. The predicted molar refractivity (Wildman–Crippen MR) is 202 cm³/mol. The Bertz CT molecular complexity index is 1910. The summed E-state index contributed by atoms with van der Waals surface area (Å²) in [6.45, 7) is 6.58. The Morgan fingerprint density at radius 2 is 1.42 bits per heavy atom. The van der Waals surface area contributed by atoms with Crippen LogP contribution >= 0.6 is 23.2 Å². The lowest BCUT2D eigenvalue weighted by Gasteiger charge is -2.23. The number of alkyl halides is 2. The Hall–Kier alpha value is -4.57. The van der Waals surface area contributed by atoms with Crippen molar-refractivity contribution in [1.29, 1.82) is 0 Å². The molecule has 3 amide bonds. The van der Waals surface area contributed by atoms with E-state index >= 15 is 0 Å². The van der Waals surface area contributed by atoms with Crippen LogP contribution in [0.3, 0.4) is 0 Å². The normalized spacial score (nSPS) is 11.1. The highest BCUT2D eigenvalue weighted by Gasteiger charge is 2.18. The van der Waals surface area contributed by atoms with E-state index in [0.29, 0.717) is 53.8 Å². The van der Waals surface area contributed by atoms with E-state index in [1.165, 1.54) is 0 Å². The molecule has 5 aromatic rings. The molecule has 0 aliphatic rings. The van der Waals surface area contributed by atoms with Crippen molar-refractivity contribution in [2.75, 3.05) is 72.9 Å². The van der Waals surface area contributed by atoms with Crippen molar-refractivity contribution >= 4 is 85.4 Å². The van der Waals surface area contributed by atoms with Crippen molar-refractivity contribution in [3.05, 3.63) is 95.6 Å². The van der Waals surface area contributed by atoms with E-state index in [9.17, 15) is 9.59 Å². The number of benzene rings is 4. The number of pyridine rings is 1. The van der Waals surface area contributed by atoms with Crippen LogP contribution in [-0.2, 0) is 0 Å². The van der Waals surface area contributed by atoms with Crippen molar-refractivity contribution < 1.29 is 9.59 Å². The Kier molecular flexibility index (Phi) is 11.6. The average Bonchev–Trinajstić information content (AvgIpc) is 3.06. The highest BCUT2D eigenvalue weighted by atomic mass is 35.5. The molecule has 48 heavy (non-hydrogen) atoms. The second-order valence-electron chi connectivity index (χ2n) is 11.9. The van der Waals surface area contributed by atoms with Gasteiger partial charge in [-0.3, -0.25) is 4.79 Å². The van der Waals surface area contributed by atoms with Crippen LogP contribution in [0.4, 0.5) is 33.2 Å². The highest BCUT2D eigenvalue weighted by molar-refractivity contribution is 6.19. The third kappa shape index (κ3) is 8.28. The summed E-state index contributed by atoms with van der Waals surface area (Å²) in [4.78, 5) is 35.5. The summed E-state index contributed by atoms with van der Waals surface area (Å²) in [6.07, 6.45) is 0. The summed E-state index contributed by atoms with van der Waals surface area (Å²) in [6, 6.07) is 24.8. The Labute approximate surface area is 291 Å². The van der Waals surface area contributed by atoms with Crippen molar-refractivity contribution in [3.8, 4) is 0 Å². The van der Waals surface area contributed by atoms with Crippen molar-refractivity contribution in [2.45, 2.75) is 13.8 Å². The molecular formula is C37H41Cl2N7O2. The largest absolute Gasteiger partial charge is 0.369 e. The van der Waals surface area contributed by atoms with E-state index < -0.39 is 0 Å². The van der Waals surface area contributed by atoms with Crippen molar-refractivity contribution in [1.82, 2.24) is 15.2 Å². The number of urea groups is 1. The molecule has 0 bridgehead atoms. The third-order valence-electron chi connectivity index (χ3n) is 8.08. The van der Waals surface area contributed by atoms with Crippen LogP contribution in [0.5, 0.6) is 0 Å². The minimum atomic E-state index is -0.360. The first-order chi connectivity index (χ1) is 23.2. The molecule has 11 heteroatoms. The van der Waals surface area contributed by atoms with E-state index in [1.807, 2.05) is 112 Å². The van der Waals surface area contributed by atoms with E-state index in [4.69, 9.17) is 28.2 Å². The standard InChI is InChI=1S/C37H41Cl2N7O2/c1-24-11-12-27(23-32(24)43-37(48)42-26-13-15-28(16-14-26)46(20-17-38)21-18-39)41-34-29-8-5-7-25(2)33(29)44-35-30(34)9-6-10-31(35)36(47)40-19-22-45(3)4/h5-16,23H,17-22H2,1-4H3,(H,40,47)(H,41,44)(H2,42,43,48). The Balaban J connectivity index is 1.41. The lowest BCUT2D eigenvalue weighted by Crippen LogP contribution is -2.31. The van der Waals surface area contributed by atoms with Gasteiger partial charge in [-0.1, -0.05) is 36.4 Å². The summed E-state index contributed by atoms with van der Waals surface area (Å²) in [5.41, 5.74) is 7.76. The van der Waals surface area contributed by atoms with Crippen LogP contribution < -0.4 is 26.2 Å². The smallest absolute Gasteiger partial charge is 0.323 e. The number of aromatic nitrogens is 1. The van der Waals surface area contributed by atoms with Gasteiger partial charge in [0.05, 0.1) is 22.3 Å². The molecular weight excluding hydrogens is 645 g/mol. The molecule has 0 atom stereocenters. The summed E-state index contributed by atoms with van der Waals surface area (Å²) in [5, 5.41) is 14.3. The number of aryl methyl sites for hydroxylation is 2. The maximum absolute atomic E-state index is 13.3. The highest BCUT2D eigenvalue weighted by Crippen LogP contribution is 2.36. The van der Waals surface area contributed by atoms with Crippen LogP contribution in [0.15, 0.2) is 78.9 Å². The molecule has 0 saturated carbocycles. The molecule has 250 valence electrons. The van der Waals surface area contributed by atoms with Gasteiger partial charge in [-0.05, 0) is 81.5 Å². The molecule has 1 aromatic heterocycles. The van der Waals surface area contributed by atoms with E-state index in [1.54, 1.807) is 0 Å². The zero-order valence-corrected chi connectivity index (χ0v) is 29.2. The van der Waals surface area contributed by atoms with Gasteiger partial charge in [-0.25, -0.2) is 9.78 Å². The second kappa shape index (κ2) is 16.0. The Morgan fingerprint density at radius 3 is 2.10 bits per heavy atom. The monoisotopic (exact) mass is 685 g/mol. The first-order valence-corrected chi connectivity index (χ1v) is 16.9. The lowest BCUT2D eigenvalue weighted by molar-refractivity contribution is 0.0952. The number of halogens is 2. The number of nitrogens with zero attached hydrogens (tertiary/aromatic N) is 3. The topological polar surface area (TPSA) is 102 Å². The quantitative estimate of drug-likeness (QED) is 0.0741. The molecule has 0 fully saturated rings. The lowest BCUT2D eigenvalue weighted by atomic mass is 10.0. The molecule has 0 aliphatic carbocycles. The molecule has 1 heterocycles. The second-order valence-corrected chi connectivity index (χ2v) is 12.6. The summed E-state index contributed by atoms with van der Waals surface area (Å²) < 4.78 is 0. The number of para-hydroxylation sites is 2. The van der Waals surface area contributed by atoms with E-state index in [2.05, 4.69) is 26.2 Å². The molecule has 5 rings (SSSR count). The minimum Gasteiger partial charge on any atom is -0.369 e. The van der Waals surface area contributed by atoms with Crippen LogP contribution in [0.2, 0.25) is 0 Å². The van der Waals surface area contributed by atoms with Gasteiger partial charge in [-0.2, -0.15) is 0 Å². The zero-order chi connectivity index (χ0) is 34.2. The predicted octanol–water partition coefficient (Wildman–Crippen LogP) is 7.97. The van der Waals surface area contributed by atoms with Crippen molar-refractivity contribution in [2.24, 2.45) is 0 Å². The SMILES string of the molecule is Cc1ccc(Nc2c3cccc(C)c3nc3c(C(=O)NCCN(C)C)cccc23)cc1NC(=O)Nc1ccc(N(CCCl)CCCl)cc1. The number of nitrogens with one attached hydrogen (secondary N) is 4. The fourth-order valence-corrected chi connectivity index (χ4v) is 5.94. The van der Waals surface area contributed by atoms with Gasteiger partial charge in [-0.15, -0.1) is 23.2 Å². The van der Waals surface area contributed by atoms with Crippen LogP contribution in [0, 0.1) is 13.8 Å². The fourth-order valence-electron chi connectivity index (χ4n) is 5.53. The average molecular weight is 687 g/mol. The number of likely N-dealkylation sites (N-methyl/N-ethyl adjacent to an activating group) is 1. The van der Waals surface area contributed by atoms with Gasteiger partial charge in [0.25, 0.3) is 5.91 Å². The van der Waals surface area contributed by atoms with Crippen LogP contribution in [0.1, 0.15) is 21.5 Å². The first kappa shape index (κ1) is 34.8. The van der Waals surface area contributed by atoms with Crippen LogP contribution in [-0.4, -0.2) is 73.9 Å². The summed E-state index contributed by atoms with van der Waals surface area (Å²) in [7, 11) is 3.94. The number of fused-ring (bicyclic) bond motifs is 2. The van der Waals surface area contributed by atoms with Gasteiger partial charge < -0.3 is 31.1 Å². The minimum absolute atomic E-state index is 0.167. The molecule has 0 saturated heterocycles. The number of rotatable bonds is 13. The van der Waals surface area contributed by atoms with Gasteiger partial charge in [0, 0.05) is 71.5 Å². The van der Waals surface area contributed by atoms with Gasteiger partial charge >= 0.3 is 6.03 Å². The maximum atomic E-state index is 13.3. The van der Waals surface area contributed by atoms with E-state index in [-0.39, 0.29) is 11.9 Å². The third-order valence-corrected chi connectivity index (χ3v) is 8.42. The number of hydrogen-bond donors (Lipinski definition) is 4. The maximum Gasteiger partial charge on any atom is 0.323 e. The van der Waals surface area contributed by atoms with Crippen LogP contribution in [0.25, 0.3) is 21.8 Å². The summed E-state index contributed by atoms with van der Waals surface area (Å²) in [5.74, 6) is 0.823. The molecule has 0 spiro atoms.